The molecule has 9 heteroatoms. The van der Waals surface area contributed by atoms with Crippen molar-refractivity contribution in [2.24, 2.45) is 0 Å². The minimum Gasteiger partial charge on any atom is -0.378 e. The first kappa shape index (κ1) is 25.1. The molecule has 1 atom stereocenters. The number of ether oxygens (including phenoxy) is 1. The van der Waals surface area contributed by atoms with E-state index in [4.69, 9.17) is 14.7 Å². The average molecular weight is 510 g/mol. The van der Waals surface area contributed by atoms with Gasteiger partial charge in [0.2, 0.25) is 10.0 Å². The van der Waals surface area contributed by atoms with Gasteiger partial charge >= 0.3 is 0 Å². The van der Waals surface area contributed by atoms with Gasteiger partial charge in [-0.2, -0.15) is 4.31 Å². The first-order valence-corrected chi connectivity index (χ1v) is 14.3. The number of rotatable bonds is 7. The van der Waals surface area contributed by atoms with Gasteiger partial charge in [0.1, 0.15) is 11.6 Å². The zero-order valence-electron chi connectivity index (χ0n) is 21.1. The molecule has 1 aromatic heterocycles. The lowest BCUT2D eigenvalue weighted by atomic mass is 10.1. The molecule has 192 valence electrons. The molecule has 2 aliphatic heterocycles. The fourth-order valence-corrected chi connectivity index (χ4v) is 6.46. The van der Waals surface area contributed by atoms with E-state index in [1.165, 1.54) is 5.56 Å². The molecule has 0 bridgehead atoms. The van der Waals surface area contributed by atoms with E-state index in [2.05, 4.69) is 29.7 Å². The normalized spacial score (nSPS) is 19.0. The molecule has 0 unspecified atom stereocenters. The Morgan fingerprint density at radius 2 is 1.61 bits per heavy atom. The van der Waals surface area contributed by atoms with Crippen molar-refractivity contribution >= 4 is 26.7 Å². The molecule has 8 nitrogen and oxygen atoms in total. The first-order chi connectivity index (χ1) is 17.5. The van der Waals surface area contributed by atoms with Crippen molar-refractivity contribution in [3.63, 3.8) is 0 Å². The Bertz CT molecular complexity index is 1280. The van der Waals surface area contributed by atoms with Gasteiger partial charge < -0.3 is 9.64 Å². The van der Waals surface area contributed by atoms with E-state index in [1.807, 2.05) is 30.3 Å². The Labute approximate surface area is 213 Å². The molecular weight excluding hydrogens is 474 g/mol. The van der Waals surface area contributed by atoms with Crippen molar-refractivity contribution in [3.05, 3.63) is 59.9 Å². The number of piperazine rings is 1. The summed E-state index contributed by atoms with van der Waals surface area (Å²) in [6.45, 7) is 9.42. The van der Waals surface area contributed by atoms with Crippen LogP contribution >= 0.6 is 0 Å². The lowest BCUT2D eigenvalue weighted by Crippen LogP contribution is -2.49. The SMILES string of the molecule is CCCc1ccc(S(=O)(=O)N2CCN([C@@H](C)c3nc(N4CCOCC4)c4ccccc4n3)CC2)cc1. The molecule has 0 radical (unpaired) electrons. The molecule has 3 heterocycles. The summed E-state index contributed by atoms with van der Waals surface area (Å²) in [5.41, 5.74) is 2.10. The third-order valence-electron chi connectivity index (χ3n) is 7.21. The highest BCUT2D eigenvalue weighted by Gasteiger charge is 2.31. The molecule has 0 N–H and O–H groups in total. The molecule has 0 aliphatic carbocycles. The van der Waals surface area contributed by atoms with Gasteiger partial charge in [0.15, 0.2) is 0 Å². The van der Waals surface area contributed by atoms with Crippen LogP contribution in [-0.4, -0.2) is 80.1 Å². The predicted molar refractivity (Wildman–Crippen MR) is 142 cm³/mol. The molecule has 5 rings (SSSR count). The highest BCUT2D eigenvalue weighted by atomic mass is 32.2. The summed E-state index contributed by atoms with van der Waals surface area (Å²) in [5, 5.41) is 1.05. The van der Waals surface area contributed by atoms with Crippen LogP contribution < -0.4 is 4.90 Å². The Morgan fingerprint density at radius 3 is 2.31 bits per heavy atom. The number of para-hydroxylation sites is 1. The first-order valence-electron chi connectivity index (χ1n) is 12.9. The van der Waals surface area contributed by atoms with E-state index in [1.54, 1.807) is 16.4 Å². The van der Waals surface area contributed by atoms with Gasteiger partial charge in [-0.15, -0.1) is 0 Å². The molecule has 0 saturated carbocycles. The lowest BCUT2D eigenvalue weighted by Gasteiger charge is -2.37. The molecule has 2 fully saturated rings. The number of aromatic nitrogens is 2. The van der Waals surface area contributed by atoms with Crippen molar-refractivity contribution in [3.8, 4) is 0 Å². The molecule has 2 aromatic carbocycles. The minimum absolute atomic E-state index is 0.0208. The number of hydrogen-bond acceptors (Lipinski definition) is 7. The van der Waals surface area contributed by atoms with Gasteiger partial charge in [-0.25, -0.2) is 18.4 Å². The summed E-state index contributed by atoms with van der Waals surface area (Å²) >= 11 is 0. The topological polar surface area (TPSA) is 78.9 Å². The van der Waals surface area contributed by atoms with Crippen LogP contribution in [0.2, 0.25) is 0 Å². The zero-order valence-corrected chi connectivity index (χ0v) is 22.0. The van der Waals surface area contributed by atoms with E-state index < -0.39 is 10.0 Å². The maximum Gasteiger partial charge on any atom is 0.243 e. The quantitative estimate of drug-likeness (QED) is 0.482. The van der Waals surface area contributed by atoms with Crippen LogP contribution in [0.3, 0.4) is 0 Å². The number of fused-ring (bicyclic) bond motifs is 1. The number of benzene rings is 2. The second kappa shape index (κ2) is 10.8. The third kappa shape index (κ3) is 5.11. The Hall–Kier alpha value is -2.59. The number of anilines is 1. The van der Waals surface area contributed by atoms with E-state index in [-0.39, 0.29) is 6.04 Å². The summed E-state index contributed by atoms with van der Waals surface area (Å²) in [6.07, 6.45) is 2.00. The summed E-state index contributed by atoms with van der Waals surface area (Å²) in [6, 6.07) is 15.5. The van der Waals surface area contributed by atoms with Gasteiger partial charge in [0, 0.05) is 44.7 Å². The number of sulfonamides is 1. The molecule has 36 heavy (non-hydrogen) atoms. The second-order valence-electron chi connectivity index (χ2n) is 9.53. The summed E-state index contributed by atoms with van der Waals surface area (Å²) in [7, 11) is -3.50. The molecule has 0 spiro atoms. The van der Waals surface area contributed by atoms with E-state index >= 15 is 0 Å². The van der Waals surface area contributed by atoms with Crippen molar-refractivity contribution in [1.82, 2.24) is 19.2 Å². The fraction of sp³-hybridized carbons (Fsp3) is 0.481. The van der Waals surface area contributed by atoms with Crippen molar-refractivity contribution < 1.29 is 13.2 Å². The monoisotopic (exact) mass is 509 g/mol. The van der Waals surface area contributed by atoms with E-state index in [9.17, 15) is 8.42 Å². The van der Waals surface area contributed by atoms with Gasteiger partial charge in [-0.3, -0.25) is 4.90 Å². The minimum atomic E-state index is -3.50. The summed E-state index contributed by atoms with van der Waals surface area (Å²) < 4.78 is 33.6. The van der Waals surface area contributed by atoms with Gasteiger partial charge in [0.05, 0.1) is 29.7 Å². The standard InChI is InChI=1S/C27H35N5O3S/c1-3-6-22-9-11-23(12-10-22)36(33,34)32-15-13-30(14-16-32)21(2)26-28-25-8-5-4-7-24(25)27(29-26)31-17-19-35-20-18-31/h4-5,7-12,21H,3,6,13-20H2,1-2H3/t21-/m0/s1. The predicted octanol–water partition coefficient (Wildman–Crippen LogP) is 3.49. The maximum atomic E-state index is 13.2. The average Bonchev–Trinajstić information content (AvgIpc) is 2.93. The Kier molecular flexibility index (Phi) is 7.52. The lowest BCUT2D eigenvalue weighted by molar-refractivity contribution is 0.122. The molecule has 0 amide bonds. The number of hydrogen-bond donors (Lipinski definition) is 0. The van der Waals surface area contributed by atoms with E-state index in [0.717, 1.165) is 48.5 Å². The number of aryl methyl sites for hydroxylation is 1. The van der Waals surface area contributed by atoms with Crippen LogP contribution in [0.1, 0.15) is 37.7 Å². The van der Waals surface area contributed by atoms with Crippen molar-refractivity contribution in [1.29, 1.82) is 0 Å². The summed E-state index contributed by atoms with van der Waals surface area (Å²) in [4.78, 5) is 14.9. The largest absolute Gasteiger partial charge is 0.378 e. The smallest absolute Gasteiger partial charge is 0.243 e. The molecule has 2 saturated heterocycles. The van der Waals surface area contributed by atoms with Crippen molar-refractivity contribution in [2.45, 2.75) is 37.6 Å². The Balaban J connectivity index is 1.31. The highest BCUT2D eigenvalue weighted by molar-refractivity contribution is 7.89. The van der Waals surface area contributed by atoms with Gasteiger partial charge in [-0.1, -0.05) is 37.6 Å². The van der Waals surface area contributed by atoms with Gasteiger partial charge in [-0.05, 0) is 43.2 Å². The van der Waals surface area contributed by atoms with Crippen LogP contribution in [0.25, 0.3) is 10.9 Å². The molecular formula is C27H35N5O3S. The fourth-order valence-electron chi connectivity index (χ4n) is 5.04. The summed E-state index contributed by atoms with van der Waals surface area (Å²) in [5.74, 6) is 1.73. The number of nitrogens with zero attached hydrogens (tertiary/aromatic N) is 5. The zero-order chi connectivity index (χ0) is 25.1. The van der Waals surface area contributed by atoms with E-state index in [0.29, 0.717) is 44.3 Å². The van der Waals surface area contributed by atoms with Crippen LogP contribution in [0.4, 0.5) is 5.82 Å². The third-order valence-corrected chi connectivity index (χ3v) is 9.12. The molecule has 3 aromatic rings. The Morgan fingerprint density at radius 1 is 0.917 bits per heavy atom. The maximum absolute atomic E-state index is 13.2. The van der Waals surface area contributed by atoms with Crippen LogP contribution in [-0.2, 0) is 21.2 Å². The highest BCUT2D eigenvalue weighted by Crippen LogP contribution is 2.29. The number of morpholine rings is 1. The van der Waals surface area contributed by atoms with Crippen LogP contribution in [0.5, 0.6) is 0 Å². The second-order valence-corrected chi connectivity index (χ2v) is 11.5. The molecule has 2 aliphatic rings. The van der Waals surface area contributed by atoms with Crippen molar-refractivity contribution in [2.75, 3.05) is 57.4 Å². The van der Waals surface area contributed by atoms with Crippen LogP contribution in [0, 0.1) is 0 Å². The van der Waals surface area contributed by atoms with Crippen LogP contribution in [0.15, 0.2) is 53.4 Å². The van der Waals surface area contributed by atoms with Gasteiger partial charge in [0.25, 0.3) is 0 Å².